The van der Waals surface area contributed by atoms with E-state index in [0.717, 1.165) is 0 Å². The number of benzene rings is 2. The van der Waals surface area contributed by atoms with Gasteiger partial charge in [0.1, 0.15) is 5.75 Å². The summed E-state index contributed by atoms with van der Waals surface area (Å²) in [5.74, 6) is -0.229. The molecule has 0 bridgehead atoms. The number of hydrogen-bond acceptors (Lipinski definition) is 3. The monoisotopic (exact) mass is 307 g/mol. The molecule has 1 atom stereocenters. The Kier molecular flexibility index (Phi) is 3.74. The van der Waals surface area contributed by atoms with Crippen LogP contribution in [0.25, 0.3) is 0 Å². The van der Waals surface area contributed by atoms with Crippen molar-refractivity contribution in [2.45, 2.75) is 18.9 Å². The van der Waals surface area contributed by atoms with Gasteiger partial charge in [0.25, 0.3) is 11.8 Å². The lowest BCUT2D eigenvalue weighted by atomic mass is 9.96. The van der Waals surface area contributed by atoms with E-state index in [-0.39, 0.29) is 11.8 Å². The molecule has 0 unspecified atom stereocenters. The Hall–Kier alpha value is -2.88. The van der Waals surface area contributed by atoms with Gasteiger partial charge in [-0.2, -0.15) is 0 Å². The minimum absolute atomic E-state index is 0.318. The van der Waals surface area contributed by atoms with Gasteiger partial charge in [0.05, 0.1) is 5.69 Å². The lowest BCUT2D eigenvalue weighted by molar-refractivity contribution is -0.133. The summed E-state index contributed by atoms with van der Waals surface area (Å²) < 4.78 is 5.87. The molecular weight excluding hydrogens is 290 g/mol. The first-order valence-corrected chi connectivity index (χ1v) is 7.40. The summed E-state index contributed by atoms with van der Waals surface area (Å²) in [6.45, 7) is 5.36. The van der Waals surface area contributed by atoms with E-state index in [1.165, 1.54) is 4.90 Å². The Labute approximate surface area is 135 Å². The normalized spacial score (nSPS) is 19.7. The van der Waals surface area contributed by atoms with Crippen LogP contribution in [0.2, 0.25) is 0 Å². The van der Waals surface area contributed by atoms with Crippen molar-refractivity contribution in [3.63, 3.8) is 0 Å². The van der Waals surface area contributed by atoms with Crippen molar-refractivity contribution in [3.05, 3.63) is 72.8 Å². The van der Waals surface area contributed by atoms with Crippen LogP contribution in [0.5, 0.6) is 5.75 Å². The van der Waals surface area contributed by atoms with E-state index in [4.69, 9.17) is 4.74 Å². The highest BCUT2D eigenvalue weighted by Gasteiger charge is 2.46. The van der Waals surface area contributed by atoms with Crippen LogP contribution in [-0.4, -0.2) is 17.4 Å². The first-order chi connectivity index (χ1) is 11.1. The number of rotatable bonds is 3. The van der Waals surface area contributed by atoms with Gasteiger partial charge in [-0.3, -0.25) is 9.59 Å². The molecule has 0 fully saturated rings. The summed E-state index contributed by atoms with van der Waals surface area (Å²) in [5.41, 5.74) is -0.216. The number of hydrogen-bond donors (Lipinski definition) is 0. The molecule has 0 radical (unpaired) electrons. The Morgan fingerprint density at radius 1 is 1.17 bits per heavy atom. The predicted octanol–water partition coefficient (Wildman–Crippen LogP) is 3.59. The molecule has 3 rings (SSSR count). The summed E-state index contributed by atoms with van der Waals surface area (Å²) in [7, 11) is 0. The van der Waals surface area contributed by atoms with Crippen LogP contribution in [0, 0.1) is 0 Å². The summed E-state index contributed by atoms with van der Waals surface area (Å²) in [4.78, 5) is 27.0. The highest BCUT2D eigenvalue weighted by molar-refractivity contribution is 6.24. The number of fused-ring (bicyclic) bond motifs is 1. The van der Waals surface area contributed by atoms with Gasteiger partial charge in [-0.05, 0) is 31.2 Å². The third-order valence-electron chi connectivity index (χ3n) is 3.85. The first-order valence-electron chi connectivity index (χ1n) is 7.40. The maximum absolute atomic E-state index is 12.9. The minimum atomic E-state index is -1.14. The van der Waals surface area contributed by atoms with Crippen LogP contribution in [0.4, 0.5) is 5.69 Å². The van der Waals surface area contributed by atoms with E-state index in [9.17, 15) is 9.59 Å². The molecular formula is C19H17NO3. The Morgan fingerprint density at radius 3 is 2.52 bits per heavy atom. The van der Waals surface area contributed by atoms with Crippen molar-refractivity contribution in [2.24, 2.45) is 0 Å². The molecule has 116 valence electrons. The lowest BCUT2D eigenvalue weighted by Gasteiger charge is -2.39. The smallest absolute Gasteiger partial charge is 0.278 e. The SMILES string of the molecule is C=CC[C@]1(C)Oc2ccccc2N(C(=O)c2ccccc2)C1=O. The Balaban J connectivity index is 2.11. The molecule has 0 aromatic heterocycles. The maximum Gasteiger partial charge on any atom is 0.278 e. The molecule has 2 aromatic carbocycles. The van der Waals surface area contributed by atoms with E-state index in [1.54, 1.807) is 55.5 Å². The van der Waals surface area contributed by atoms with Gasteiger partial charge in [0, 0.05) is 12.0 Å². The minimum Gasteiger partial charge on any atom is -0.475 e. The number of para-hydroxylation sites is 2. The second-order valence-electron chi connectivity index (χ2n) is 5.61. The van der Waals surface area contributed by atoms with Crippen LogP contribution in [0.3, 0.4) is 0 Å². The van der Waals surface area contributed by atoms with Crippen molar-refractivity contribution in [1.82, 2.24) is 0 Å². The standard InChI is InChI=1S/C19H17NO3/c1-3-13-19(2)18(22)20(15-11-7-8-12-16(15)23-19)17(21)14-9-5-4-6-10-14/h3-12H,1,13H2,2H3/t19-/m0/s1. The molecule has 1 aliphatic rings. The lowest BCUT2D eigenvalue weighted by Crippen LogP contribution is -2.56. The van der Waals surface area contributed by atoms with E-state index >= 15 is 0 Å². The number of amides is 2. The molecule has 2 amide bonds. The van der Waals surface area contributed by atoms with Gasteiger partial charge >= 0.3 is 0 Å². The molecule has 0 aliphatic carbocycles. The number of imide groups is 1. The number of carbonyl (C=O) groups excluding carboxylic acids is 2. The van der Waals surface area contributed by atoms with E-state index in [0.29, 0.717) is 23.4 Å². The van der Waals surface area contributed by atoms with Gasteiger partial charge in [-0.1, -0.05) is 36.4 Å². The van der Waals surface area contributed by atoms with Crippen LogP contribution in [0.1, 0.15) is 23.7 Å². The largest absolute Gasteiger partial charge is 0.475 e. The second-order valence-corrected chi connectivity index (χ2v) is 5.61. The molecule has 0 saturated carbocycles. The fourth-order valence-electron chi connectivity index (χ4n) is 2.68. The van der Waals surface area contributed by atoms with E-state index in [1.807, 2.05) is 12.1 Å². The molecule has 4 heteroatoms. The van der Waals surface area contributed by atoms with Crippen molar-refractivity contribution in [3.8, 4) is 5.75 Å². The van der Waals surface area contributed by atoms with E-state index in [2.05, 4.69) is 6.58 Å². The summed E-state index contributed by atoms with van der Waals surface area (Å²) in [6, 6.07) is 15.8. The van der Waals surface area contributed by atoms with Crippen molar-refractivity contribution in [2.75, 3.05) is 4.90 Å². The predicted molar refractivity (Wildman–Crippen MR) is 88.5 cm³/mol. The third kappa shape index (κ3) is 2.52. The Morgan fingerprint density at radius 2 is 1.83 bits per heavy atom. The number of carbonyl (C=O) groups is 2. The molecule has 4 nitrogen and oxygen atoms in total. The second kappa shape index (κ2) is 5.72. The highest BCUT2D eigenvalue weighted by atomic mass is 16.5. The zero-order valence-corrected chi connectivity index (χ0v) is 12.9. The summed E-state index contributed by atoms with van der Waals surface area (Å²) in [5, 5.41) is 0. The van der Waals surface area contributed by atoms with Crippen LogP contribution in [0.15, 0.2) is 67.3 Å². The van der Waals surface area contributed by atoms with Crippen LogP contribution < -0.4 is 9.64 Å². The average Bonchev–Trinajstić information content (AvgIpc) is 2.56. The summed E-state index contributed by atoms with van der Waals surface area (Å²) >= 11 is 0. The Bertz CT molecular complexity index is 769. The zero-order valence-electron chi connectivity index (χ0n) is 12.9. The van der Waals surface area contributed by atoms with Crippen molar-refractivity contribution >= 4 is 17.5 Å². The average molecular weight is 307 g/mol. The fraction of sp³-hybridized carbons (Fsp3) is 0.158. The van der Waals surface area contributed by atoms with Gasteiger partial charge in [-0.25, -0.2) is 4.90 Å². The zero-order chi connectivity index (χ0) is 16.4. The van der Waals surface area contributed by atoms with Gasteiger partial charge in [0.15, 0.2) is 5.60 Å². The molecule has 1 heterocycles. The maximum atomic E-state index is 12.9. The third-order valence-corrected chi connectivity index (χ3v) is 3.85. The van der Waals surface area contributed by atoms with Gasteiger partial charge in [0.2, 0.25) is 0 Å². The van der Waals surface area contributed by atoms with E-state index < -0.39 is 5.60 Å². The highest BCUT2D eigenvalue weighted by Crippen LogP contribution is 2.39. The van der Waals surface area contributed by atoms with Crippen LogP contribution in [-0.2, 0) is 4.79 Å². The number of nitrogens with zero attached hydrogens (tertiary/aromatic N) is 1. The first kappa shape index (κ1) is 15.0. The molecule has 23 heavy (non-hydrogen) atoms. The van der Waals surface area contributed by atoms with Gasteiger partial charge < -0.3 is 4.74 Å². The van der Waals surface area contributed by atoms with Crippen molar-refractivity contribution < 1.29 is 14.3 Å². The molecule has 0 spiro atoms. The fourth-order valence-corrected chi connectivity index (χ4v) is 2.68. The van der Waals surface area contributed by atoms with Crippen LogP contribution >= 0.6 is 0 Å². The topological polar surface area (TPSA) is 46.6 Å². The molecule has 2 aromatic rings. The molecule has 1 aliphatic heterocycles. The quantitative estimate of drug-likeness (QED) is 0.643. The number of ether oxygens (including phenoxy) is 1. The molecule has 0 N–H and O–H groups in total. The van der Waals surface area contributed by atoms with Crippen molar-refractivity contribution in [1.29, 1.82) is 0 Å². The van der Waals surface area contributed by atoms with Gasteiger partial charge in [-0.15, -0.1) is 6.58 Å². The summed E-state index contributed by atoms with van der Waals surface area (Å²) in [6.07, 6.45) is 1.94. The number of anilines is 1. The molecule has 0 saturated heterocycles.